The van der Waals surface area contributed by atoms with Crippen molar-refractivity contribution in [2.75, 3.05) is 40.3 Å². The van der Waals surface area contributed by atoms with Gasteiger partial charge in [-0.15, -0.1) is 0 Å². The molecule has 1 atom stereocenters. The van der Waals surface area contributed by atoms with E-state index < -0.39 is 0 Å². The first-order valence-electron chi connectivity index (χ1n) is 7.32. The quantitative estimate of drug-likeness (QED) is 0.778. The van der Waals surface area contributed by atoms with Gasteiger partial charge in [0.25, 0.3) is 0 Å². The number of aliphatic hydroxyl groups excluding tert-OH is 1. The van der Waals surface area contributed by atoms with Crippen molar-refractivity contribution in [3.63, 3.8) is 0 Å². The van der Waals surface area contributed by atoms with Crippen molar-refractivity contribution in [3.8, 4) is 0 Å². The number of urea groups is 1. The number of amides is 3. The van der Waals surface area contributed by atoms with Gasteiger partial charge in [0.1, 0.15) is 0 Å². The summed E-state index contributed by atoms with van der Waals surface area (Å²) in [6.45, 7) is 1.92. The molecule has 1 saturated heterocycles. The number of aliphatic hydroxyl groups is 1. The number of nitrogens with one attached hydrogen (secondary N) is 1. The Morgan fingerprint density at radius 3 is 2.65 bits per heavy atom. The van der Waals surface area contributed by atoms with E-state index in [1.165, 1.54) is 0 Å². The molecule has 1 unspecified atom stereocenters. The van der Waals surface area contributed by atoms with Gasteiger partial charge in [0, 0.05) is 39.1 Å². The van der Waals surface area contributed by atoms with Crippen molar-refractivity contribution in [1.29, 1.82) is 0 Å². The number of likely N-dealkylation sites (tertiary alicyclic amines) is 1. The minimum Gasteiger partial charge on any atom is -0.396 e. The van der Waals surface area contributed by atoms with Gasteiger partial charge < -0.3 is 20.2 Å². The molecule has 0 aromatic heterocycles. The highest BCUT2D eigenvalue weighted by Gasteiger charge is 2.42. The van der Waals surface area contributed by atoms with Crippen LogP contribution in [0.15, 0.2) is 0 Å². The molecule has 6 heteroatoms. The summed E-state index contributed by atoms with van der Waals surface area (Å²) in [5, 5.41) is 12.2. The van der Waals surface area contributed by atoms with Crippen LogP contribution in [0.4, 0.5) is 4.79 Å². The highest BCUT2D eigenvalue weighted by atomic mass is 16.3. The fraction of sp³-hybridized carbons (Fsp3) is 0.857. The lowest BCUT2D eigenvalue weighted by molar-refractivity contribution is -0.126. The third-order valence-electron chi connectivity index (χ3n) is 4.38. The molecule has 0 aromatic carbocycles. The summed E-state index contributed by atoms with van der Waals surface area (Å²) in [6.07, 6.45) is 3.66. The topological polar surface area (TPSA) is 72.9 Å². The van der Waals surface area contributed by atoms with E-state index in [4.69, 9.17) is 0 Å². The monoisotopic (exact) mass is 283 g/mol. The van der Waals surface area contributed by atoms with E-state index in [0.29, 0.717) is 13.1 Å². The number of carbonyl (C=O) groups is 2. The van der Waals surface area contributed by atoms with E-state index in [2.05, 4.69) is 5.32 Å². The van der Waals surface area contributed by atoms with Crippen LogP contribution in [0.5, 0.6) is 0 Å². The molecule has 1 aliphatic carbocycles. The van der Waals surface area contributed by atoms with Crippen LogP contribution in [-0.4, -0.2) is 67.2 Å². The summed E-state index contributed by atoms with van der Waals surface area (Å²) in [5.41, 5.74) is -0.0660. The summed E-state index contributed by atoms with van der Waals surface area (Å²) in [5.74, 6) is -0.108. The van der Waals surface area contributed by atoms with Crippen molar-refractivity contribution < 1.29 is 14.7 Å². The molecule has 0 spiro atoms. The zero-order valence-corrected chi connectivity index (χ0v) is 12.4. The first-order chi connectivity index (χ1) is 9.47. The SMILES string of the molecule is CN(C)C(=O)N1CCCC(C(=O)NCC2(CO)CC2)C1. The zero-order chi connectivity index (χ0) is 14.8. The first kappa shape index (κ1) is 15.1. The second kappa shape index (κ2) is 5.99. The van der Waals surface area contributed by atoms with Crippen LogP contribution < -0.4 is 5.32 Å². The molecule has 2 N–H and O–H groups in total. The Morgan fingerprint density at radius 2 is 2.10 bits per heavy atom. The molecule has 6 nitrogen and oxygen atoms in total. The maximum Gasteiger partial charge on any atom is 0.319 e. The van der Waals surface area contributed by atoms with Gasteiger partial charge in [-0.25, -0.2) is 4.79 Å². The highest BCUT2D eigenvalue weighted by molar-refractivity contribution is 5.80. The van der Waals surface area contributed by atoms with Crippen molar-refractivity contribution >= 4 is 11.9 Å². The zero-order valence-electron chi connectivity index (χ0n) is 12.4. The largest absolute Gasteiger partial charge is 0.396 e. The van der Waals surface area contributed by atoms with Crippen LogP contribution in [0.25, 0.3) is 0 Å². The number of nitrogens with zero attached hydrogens (tertiary/aromatic N) is 2. The molecular weight excluding hydrogens is 258 g/mol. The lowest BCUT2D eigenvalue weighted by atomic mass is 9.97. The molecule has 0 bridgehead atoms. The Labute approximate surface area is 120 Å². The molecule has 3 amide bonds. The Hall–Kier alpha value is -1.30. The molecule has 114 valence electrons. The molecule has 2 aliphatic rings. The summed E-state index contributed by atoms with van der Waals surface area (Å²) in [7, 11) is 3.45. The van der Waals surface area contributed by atoms with Crippen LogP contribution in [0.2, 0.25) is 0 Å². The first-order valence-corrected chi connectivity index (χ1v) is 7.32. The Kier molecular flexibility index (Phi) is 4.52. The molecule has 2 fully saturated rings. The van der Waals surface area contributed by atoms with Gasteiger partial charge in [0.15, 0.2) is 0 Å². The van der Waals surface area contributed by atoms with Crippen molar-refractivity contribution in [2.45, 2.75) is 25.7 Å². The van der Waals surface area contributed by atoms with Crippen LogP contribution in [0.3, 0.4) is 0 Å². The van der Waals surface area contributed by atoms with Crippen molar-refractivity contribution in [2.24, 2.45) is 11.3 Å². The van der Waals surface area contributed by atoms with Crippen LogP contribution in [0, 0.1) is 11.3 Å². The number of piperidine rings is 1. The van der Waals surface area contributed by atoms with E-state index in [1.807, 2.05) is 0 Å². The Balaban J connectivity index is 1.82. The van der Waals surface area contributed by atoms with E-state index in [9.17, 15) is 14.7 Å². The maximum absolute atomic E-state index is 12.2. The number of rotatable bonds is 4. The molecule has 20 heavy (non-hydrogen) atoms. The highest BCUT2D eigenvalue weighted by Crippen LogP contribution is 2.44. The van der Waals surface area contributed by atoms with Gasteiger partial charge in [-0.1, -0.05) is 0 Å². The molecule has 1 saturated carbocycles. The van der Waals surface area contributed by atoms with E-state index in [-0.39, 0.29) is 29.9 Å². The average molecular weight is 283 g/mol. The number of carbonyl (C=O) groups excluding carboxylic acids is 2. The Morgan fingerprint density at radius 1 is 1.40 bits per heavy atom. The van der Waals surface area contributed by atoms with E-state index >= 15 is 0 Å². The third-order valence-corrected chi connectivity index (χ3v) is 4.38. The molecule has 0 radical (unpaired) electrons. The standard InChI is InChI=1S/C14H25N3O3/c1-16(2)13(20)17-7-3-4-11(8-17)12(19)15-9-14(10-18)5-6-14/h11,18H,3-10H2,1-2H3,(H,15,19). The van der Waals surface area contributed by atoms with Gasteiger partial charge in [-0.05, 0) is 25.7 Å². The lowest BCUT2D eigenvalue weighted by Gasteiger charge is -2.33. The third kappa shape index (κ3) is 3.42. The maximum atomic E-state index is 12.2. The normalized spacial score (nSPS) is 24.1. The minimum atomic E-state index is -0.123. The predicted molar refractivity (Wildman–Crippen MR) is 75.1 cm³/mol. The summed E-state index contributed by atoms with van der Waals surface area (Å²) >= 11 is 0. The van der Waals surface area contributed by atoms with Crippen LogP contribution in [-0.2, 0) is 4.79 Å². The van der Waals surface area contributed by atoms with E-state index in [1.54, 1.807) is 23.9 Å². The minimum absolute atomic E-state index is 0.0148. The van der Waals surface area contributed by atoms with Gasteiger partial charge in [-0.2, -0.15) is 0 Å². The smallest absolute Gasteiger partial charge is 0.319 e. The van der Waals surface area contributed by atoms with Crippen LogP contribution >= 0.6 is 0 Å². The number of hydrogen-bond acceptors (Lipinski definition) is 3. The fourth-order valence-corrected chi connectivity index (χ4v) is 2.63. The second-order valence-corrected chi connectivity index (χ2v) is 6.34. The van der Waals surface area contributed by atoms with Crippen LogP contribution in [0.1, 0.15) is 25.7 Å². The van der Waals surface area contributed by atoms with Crippen molar-refractivity contribution in [3.05, 3.63) is 0 Å². The van der Waals surface area contributed by atoms with Crippen molar-refractivity contribution in [1.82, 2.24) is 15.1 Å². The van der Waals surface area contributed by atoms with Gasteiger partial charge in [0.2, 0.25) is 5.91 Å². The lowest BCUT2D eigenvalue weighted by Crippen LogP contribution is -2.49. The van der Waals surface area contributed by atoms with Gasteiger partial charge >= 0.3 is 6.03 Å². The Bertz CT molecular complexity index is 380. The molecule has 2 rings (SSSR count). The van der Waals surface area contributed by atoms with Gasteiger partial charge in [-0.3, -0.25) is 4.79 Å². The fourth-order valence-electron chi connectivity index (χ4n) is 2.63. The molecule has 1 aliphatic heterocycles. The second-order valence-electron chi connectivity index (χ2n) is 6.34. The molecule has 1 heterocycles. The number of hydrogen-bond donors (Lipinski definition) is 2. The molecular formula is C14H25N3O3. The predicted octanol–water partition coefficient (Wildman–Crippen LogP) is 0.269. The molecule has 0 aromatic rings. The van der Waals surface area contributed by atoms with E-state index in [0.717, 1.165) is 32.2 Å². The van der Waals surface area contributed by atoms with Gasteiger partial charge in [0.05, 0.1) is 12.5 Å². The summed E-state index contributed by atoms with van der Waals surface area (Å²) < 4.78 is 0. The average Bonchev–Trinajstić information content (AvgIpc) is 3.24. The summed E-state index contributed by atoms with van der Waals surface area (Å²) in [6, 6.07) is -0.0310. The summed E-state index contributed by atoms with van der Waals surface area (Å²) in [4.78, 5) is 27.4.